The van der Waals surface area contributed by atoms with E-state index in [0.29, 0.717) is 13.1 Å². The average molecular weight is 346 g/mol. The Hall–Kier alpha value is -0.820. The summed E-state index contributed by atoms with van der Waals surface area (Å²) in [6, 6.07) is 0.150. The van der Waals surface area contributed by atoms with Crippen molar-refractivity contribution < 1.29 is 17.9 Å². The summed E-state index contributed by atoms with van der Waals surface area (Å²) in [5.74, 6) is 0. The van der Waals surface area contributed by atoms with Gasteiger partial charge in [0.1, 0.15) is 5.60 Å². The molecular weight excluding hydrogens is 316 g/mol. The summed E-state index contributed by atoms with van der Waals surface area (Å²) in [6.07, 6.45) is 5.48. The van der Waals surface area contributed by atoms with E-state index in [1.807, 2.05) is 20.8 Å². The molecular formula is C16H30N2O4S. The Morgan fingerprint density at radius 3 is 2.48 bits per heavy atom. The first-order valence-electron chi connectivity index (χ1n) is 8.49. The second-order valence-electron chi connectivity index (χ2n) is 7.84. The molecule has 1 aliphatic carbocycles. The van der Waals surface area contributed by atoms with Crippen LogP contribution in [-0.2, 0) is 14.6 Å². The fourth-order valence-electron chi connectivity index (χ4n) is 3.54. The highest BCUT2D eigenvalue weighted by molar-refractivity contribution is 7.91. The summed E-state index contributed by atoms with van der Waals surface area (Å²) in [4.78, 5) is 13.9. The number of hydrogen-bond acceptors (Lipinski definition) is 5. The van der Waals surface area contributed by atoms with Gasteiger partial charge in [-0.2, -0.15) is 0 Å². The molecule has 23 heavy (non-hydrogen) atoms. The van der Waals surface area contributed by atoms with Crippen LogP contribution in [0.3, 0.4) is 0 Å². The normalized spacial score (nSPS) is 29.6. The predicted octanol–water partition coefficient (Wildman–Crippen LogP) is 1.94. The van der Waals surface area contributed by atoms with Crippen molar-refractivity contribution in [2.45, 2.75) is 75.8 Å². The third-order valence-corrected chi connectivity index (χ3v) is 6.19. The number of nitrogens with zero attached hydrogens (tertiary/aromatic N) is 1. The number of carbonyl (C=O) groups is 1. The lowest BCUT2D eigenvalue weighted by Gasteiger charge is -2.36. The molecule has 3 unspecified atom stereocenters. The number of piperidine rings is 1. The molecule has 1 saturated carbocycles. The molecule has 2 rings (SSSR count). The zero-order chi connectivity index (χ0) is 17.3. The molecule has 0 aromatic heterocycles. The van der Waals surface area contributed by atoms with E-state index in [9.17, 15) is 13.2 Å². The van der Waals surface area contributed by atoms with Crippen LogP contribution < -0.4 is 5.32 Å². The maximum absolute atomic E-state index is 12.2. The Balaban J connectivity index is 1.93. The molecule has 0 radical (unpaired) electrons. The molecule has 1 aliphatic heterocycles. The van der Waals surface area contributed by atoms with Crippen molar-refractivity contribution >= 4 is 15.9 Å². The van der Waals surface area contributed by atoms with Crippen LogP contribution in [0, 0.1) is 0 Å². The van der Waals surface area contributed by atoms with E-state index in [4.69, 9.17) is 4.74 Å². The summed E-state index contributed by atoms with van der Waals surface area (Å²) in [7, 11) is -3.02. The zero-order valence-corrected chi connectivity index (χ0v) is 15.5. The minimum absolute atomic E-state index is 0.00795. The third-order valence-electron chi connectivity index (χ3n) is 4.53. The van der Waals surface area contributed by atoms with Gasteiger partial charge in [-0.25, -0.2) is 13.2 Å². The van der Waals surface area contributed by atoms with Gasteiger partial charge in [0.25, 0.3) is 0 Å². The molecule has 2 fully saturated rings. The quantitative estimate of drug-likeness (QED) is 0.845. The number of rotatable bonds is 3. The van der Waals surface area contributed by atoms with Gasteiger partial charge < -0.3 is 15.0 Å². The van der Waals surface area contributed by atoms with Crippen LogP contribution in [0.25, 0.3) is 0 Å². The molecule has 2 aliphatic rings. The zero-order valence-electron chi connectivity index (χ0n) is 14.7. The third kappa shape index (κ3) is 5.35. The van der Waals surface area contributed by atoms with E-state index in [1.165, 1.54) is 6.26 Å². The number of ether oxygens (including phenoxy) is 1. The number of sulfone groups is 1. The number of amides is 1. The summed E-state index contributed by atoms with van der Waals surface area (Å²) in [6.45, 7) is 6.87. The molecule has 0 aromatic rings. The summed E-state index contributed by atoms with van der Waals surface area (Å²) >= 11 is 0. The first-order valence-corrected chi connectivity index (χ1v) is 10.4. The van der Waals surface area contributed by atoms with E-state index in [-0.39, 0.29) is 23.4 Å². The maximum Gasteiger partial charge on any atom is 0.410 e. The monoisotopic (exact) mass is 346 g/mol. The Morgan fingerprint density at radius 1 is 1.17 bits per heavy atom. The Kier molecular flexibility index (Phi) is 5.61. The van der Waals surface area contributed by atoms with Crippen molar-refractivity contribution in [3.63, 3.8) is 0 Å². The molecule has 1 heterocycles. The Morgan fingerprint density at radius 2 is 1.87 bits per heavy atom. The van der Waals surface area contributed by atoms with Crippen molar-refractivity contribution in [2.75, 3.05) is 19.3 Å². The molecule has 1 N–H and O–H groups in total. The highest BCUT2D eigenvalue weighted by Crippen LogP contribution is 2.26. The van der Waals surface area contributed by atoms with Gasteiger partial charge in [-0.05, 0) is 46.5 Å². The highest BCUT2D eigenvalue weighted by Gasteiger charge is 2.37. The minimum Gasteiger partial charge on any atom is -0.444 e. The Labute approximate surface area is 139 Å². The van der Waals surface area contributed by atoms with Crippen molar-refractivity contribution in [3.05, 3.63) is 0 Å². The lowest BCUT2D eigenvalue weighted by Crippen LogP contribution is -2.53. The summed E-state index contributed by atoms with van der Waals surface area (Å²) in [5.41, 5.74) is -0.496. The molecule has 6 nitrogen and oxygen atoms in total. The standard InChI is InChI=1S/C16H30N2O4S/c1-16(2,3)22-15(19)18-10-6-7-12(11-18)17-13-8-5-9-14(13)23(4,20)21/h12-14,17H,5-11H2,1-4H3. The van der Waals surface area contributed by atoms with Crippen molar-refractivity contribution in [1.29, 1.82) is 0 Å². The average Bonchev–Trinajstić information content (AvgIpc) is 2.85. The fraction of sp³-hybridized carbons (Fsp3) is 0.938. The second kappa shape index (κ2) is 6.97. The smallest absolute Gasteiger partial charge is 0.410 e. The van der Waals surface area contributed by atoms with Crippen molar-refractivity contribution in [3.8, 4) is 0 Å². The molecule has 134 valence electrons. The first kappa shape index (κ1) is 18.5. The fourth-order valence-corrected chi connectivity index (χ4v) is 4.94. The minimum atomic E-state index is -3.02. The molecule has 0 spiro atoms. The van der Waals surface area contributed by atoms with Crippen LogP contribution >= 0.6 is 0 Å². The predicted molar refractivity (Wildman–Crippen MR) is 90.2 cm³/mol. The van der Waals surface area contributed by atoms with Gasteiger partial charge in [-0.3, -0.25) is 0 Å². The van der Waals surface area contributed by atoms with Crippen LogP contribution in [0.15, 0.2) is 0 Å². The van der Waals surface area contributed by atoms with Gasteiger partial charge in [-0.1, -0.05) is 6.42 Å². The van der Waals surface area contributed by atoms with E-state index < -0.39 is 15.4 Å². The molecule has 1 saturated heterocycles. The number of nitrogens with one attached hydrogen (secondary N) is 1. The second-order valence-corrected chi connectivity index (χ2v) is 10.1. The van der Waals surface area contributed by atoms with Gasteiger partial charge in [0.05, 0.1) is 5.25 Å². The van der Waals surface area contributed by atoms with Crippen LogP contribution in [0.4, 0.5) is 4.79 Å². The van der Waals surface area contributed by atoms with Crippen molar-refractivity contribution in [2.24, 2.45) is 0 Å². The van der Waals surface area contributed by atoms with Crippen LogP contribution in [0.1, 0.15) is 52.9 Å². The molecule has 3 atom stereocenters. The van der Waals surface area contributed by atoms with Crippen LogP contribution in [0.5, 0.6) is 0 Å². The molecule has 0 bridgehead atoms. The largest absolute Gasteiger partial charge is 0.444 e. The van der Waals surface area contributed by atoms with E-state index in [0.717, 1.165) is 32.1 Å². The Bertz CT molecular complexity index is 527. The topological polar surface area (TPSA) is 75.7 Å². The summed E-state index contributed by atoms with van der Waals surface area (Å²) in [5, 5.41) is 3.20. The number of likely N-dealkylation sites (tertiary alicyclic amines) is 1. The first-order chi connectivity index (χ1) is 10.6. The van der Waals surface area contributed by atoms with Gasteiger partial charge >= 0.3 is 6.09 Å². The summed E-state index contributed by atoms with van der Waals surface area (Å²) < 4.78 is 29.2. The lowest BCUT2D eigenvalue weighted by atomic mass is 10.0. The molecule has 0 aromatic carbocycles. The van der Waals surface area contributed by atoms with E-state index in [2.05, 4.69) is 5.32 Å². The van der Waals surface area contributed by atoms with Crippen LogP contribution in [-0.4, -0.2) is 61.7 Å². The van der Waals surface area contributed by atoms with Crippen LogP contribution in [0.2, 0.25) is 0 Å². The van der Waals surface area contributed by atoms with Gasteiger partial charge in [-0.15, -0.1) is 0 Å². The molecule has 1 amide bonds. The van der Waals surface area contributed by atoms with Gasteiger partial charge in [0.2, 0.25) is 0 Å². The number of carbonyl (C=O) groups excluding carboxylic acids is 1. The molecule has 7 heteroatoms. The number of hydrogen-bond donors (Lipinski definition) is 1. The van der Waals surface area contributed by atoms with Crippen molar-refractivity contribution in [1.82, 2.24) is 10.2 Å². The highest BCUT2D eigenvalue weighted by atomic mass is 32.2. The van der Waals surface area contributed by atoms with Gasteiger partial charge in [0, 0.05) is 31.4 Å². The van der Waals surface area contributed by atoms with E-state index in [1.54, 1.807) is 4.90 Å². The van der Waals surface area contributed by atoms with Gasteiger partial charge in [0.15, 0.2) is 9.84 Å². The lowest BCUT2D eigenvalue weighted by molar-refractivity contribution is 0.0183. The van der Waals surface area contributed by atoms with E-state index >= 15 is 0 Å². The SMILES string of the molecule is CC(C)(C)OC(=O)N1CCCC(NC2CCCC2S(C)(=O)=O)C1. The maximum atomic E-state index is 12.2.